The predicted molar refractivity (Wildman–Crippen MR) is 125 cm³/mol. The number of quaternary nitrogens is 1. The Morgan fingerprint density at radius 1 is 1.06 bits per heavy atom. The molecule has 1 aliphatic heterocycles. The van der Waals surface area contributed by atoms with E-state index in [9.17, 15) is 14.7 Å². The average molecular weight is 451 g/mol. The SMILES string of the molecule is CC(C)C[N+]1(c2ccccc2)C(N(C)C)=NC(NC(=O)COCc2ccccc2)=C1C(=O)[O-]. The van der Waals surface area contributed by atoms with Gasteiger partial charge in [0.25, 0.3) is 5.91 Å². The molecule has 1 N–H and O–H groups in total. The number of para-hydroxylation sites is 1. The zero-order chi connectivity index (χ0) is 24.0. The van der Waals surface area contributed by atoms with Crippen molar-refractivity contribution in [2.45, 2.75) is 20.5 Å². The lowest BCUT2D eigenvalue weighted by Gasteiger charge is -2.39. The van der Waals surface area contributed by atoms with Gasteiger partial charge >= 0.3 is 5.96 Å². The Kier molecular flexibility index (Phi) is 7.63. The van der Waals surface area contributed by atoms with E-state index < -0.39 is 11.9 Å². The van der Waals surface area contributed by atoms with E-state index in [1.54, 1.807) is 19.0 Å². The number of carboxylic acid groups (broad SMARTS) is 1. The molecule has 8 nitrogen and oxygen atoms in total. The van der Waals surface area contributed by atoms with E-state index >= 15 is 0 Å². The number of benzene rings is 2. The fraction of sp³-hybridized carbons (Fsp3) is 0.320. The minimum absolute atomic E-state index is 0.0310. The van der Waals surface area contributed by atoms with Gasteiger partial charge in [-0.05, 0) is 5.56 Å². The van der Waals surface area contributed by atoms with Gasteiger partial charge < -0.3 is 24.9 Å². The quantitative estimate of drug-likeness (QED) is 0.589. The van der Waals surface area contributed by atoms with Crippen molar-refractivity contribution in [3.63, 3.8) is 0 Å². The van der Waals surface area contributed by atoms with E-state index in [-0.39, 0.29) is 35.1 Å². The summed E-state index contributed by atoms with van der Waals surface area (Å²) in [5.41, 5.74) is 1.56. The van der Waals surface area contributed by atoms with Crippen LogP contribution in [-0.4, -0.2) is 50.0 Å². The fourth-order valence-corrected chi connectivity index (χ4v) is 4.06. The number of amides is 1. The first-order chi connectivity index (χ1) is 15.8. The van der Waals surface area contributed by atoms with Gasteiger partial charge in [0, 0.05) is 32.1 Å². The van der Waals surface area contributed by atoms with Gasteiger partial charge in [0.05, 0.1) is 13.2 Å². The third kappa shape index (κ3) is 5.30. The summed E-state index contributed by atoms with van der Waals surface area (Å²) in [5, 5.41) is 15.1. The zero-order valence-corrected chi connectivity index (χ0v) is 19.4. The van der Waals surface area contributed by atoms with E-state index in [4.69, 9.17) is 4.74 Å². The Labute approximate surface area is 194 Å². The number of rotatable bonds is 9. The van der Waals surface area contributed by atoms with Gasteiger partial charge in [0.1, 0.15) is 18.3 Å². The molecule has 0 bridgehead atoms. The van der Waals surface area contributed by atoms with Crippen LogP contribution in [0.1, 0.15) is 19.4 Å². The van der Waals surface area contributed by atoms with Crippen LogP contribution in [0, 0.1) is 5.92 Å². The molecule has 2 aromatic rings. The number of hydrogen-bond acceptors (Lipinski definition) is 6. The molecule has 0 fully saturated rings. The molecule has 1 unspecified atom stereocenters. The lowest BCUT2D eigenvalue weighted by Crippen LogP contribution is -2.61. The topological polar surface area (TPSA) is 94.1 Å². The van der Waals surface area contributed by atoms with Gasteiger partial charge in [0.15, 0.2) is 0 Å². The van der Waals surface area contributed by atoms with Crippen LogP contribution in [0.15, 0.2) is 77.2 Å². The van der Waals surface area contributed by atoms with Gasteiger partial charge in [-0.25, -0.2) is 0 Å². The Morgan fingerprint density at radius 3 is 2.21 bits per heavy atom. The molecule has 3 rings (SSSR count). The molecule has 0 saturated heterocycles. The van der Waals surface area contributed by atoms with E-state index in [1.807, 2.05) is 74.5 Å². The Bertz CT molecular complexity index is 1050. The van der Waals surface area contributed by atoms with Crippen molar-refractivity contribution < 1.29 is 19.4 Å². The molecule has 0 aliphatic carbocycles. The van der Waals surface area contributed by atoms with E-state index in [2.05, 4.69) is 10.3 Å². The molecule has 1 atom stereocenters. The lowest BCUT2D eigenvalue weighted by atomic mass is 10.1. The molecule has 1 amide bonds. The smallest absolute Gasteiger partial charge is 0.317 e. The maximum atomic E-state index is 12.6. The first kappa shape index (κ1) is 24.2. The van der Waals surface area contributed by atoms with Gasteiger partial charge in [-0.2, -0.15) is 9.48 Å². The summed E-state index contributed by atoms with van der Waals surface area (Å²) in [6.45, 7) is 4.48. The molecule has 8 heteroatoms. The molecule has 1 aliphatic rings. The summed E-state index contributed by atoms with van der Waals surface area (Å²) in [4.78, 5) is 31.4. The van der Waals surface area contributed by atoms with Crippen LogP contribution < -0.4 is 14.9 Å². The van der Waals surface area contributed by atoms with E-state index in [0.717, 1.165) is 11.3 Å². The number of ether oxygens (including phenoxy) is 1. The fourth-order valence-electron chi connectivity index (χ4n) is 4.06. The van der Waals surface area contributed by atoms with Crippen LogP contribution in [-0.2, 0) is 20.9 Å². The first-order valence-electron chi connectivity index (χ1n) is 10.8. The summed E-state index contributed by atoms with van der Waals surface area (Å²) in [5.74, 6) is -1.31. The van der Waals surface area contributed by atoms with Crippen molar-refractivity contribution in [2.75, 3.05) is 27.2 Å². The number of carbonyl (C=O) groups is 2. The standard InChI is InChI=1S/C25H30N4O4/c1-18(2)15-29(20-13-9-6-10-14-20)22(24(31)32)23(27-25(29)28(3)4)26-21(30)17-33-16-19-11-7-5-8-12-19/h5-14,18H,15-17H2,1-4H3,(H-,26,30,31,32). The summed E-state index contributed by atoms with van der Waals surface area (Å²) < 4.78 is 5.34. The summed E-state index contributed by atoms with van der Waals surface area (Å²) in [7, 11) is 3.60. The van der Waals surface area contributed by atoms with Crippen molar-refractivity contribution in [2.24, 2.45) is 10.9 Å². The van der Waals surface area contributed by atoms with Gasteiger partial charge in [-0.1, -0.05) is 62.4 Å². The number of nitrogens with zero attached hydrogens (tertiary/aromatic N) is 3. The highest BCUT2D eigenvalue weighted by Gasteiger charge is 2.50. The van der Waals surface area contributed by atoms with E-state index in [0.29, 0.717) is 12.5 Å². The Balaban J connectivity index is 1.94. The normalized spacial score (nSPS) is 17.8. The zero-order valence-electron chi connectivity index (χ0n) is 19.4. The molecule has 33 heavy (non-hydrogen) atoms. The number of carboxylic acids is 1. The number of aliphatic imine (C=N–C) groups is 1. The molecule has 0 saturated carbocycles. The Hall–Kier alpha value is -3.49. The van der Waals surface area contributed by atoms with Crippen LogP contribution in [0.2, 0.25) is 0 Å². The van der Waals surface area contributed by atoms with Crippen molar-refractivity contribution in [1.29, 1.82) is 0 Å². The molecular weight excluding hydrogens is 420 g/mol. The number of hydrogen-bond donors (Lipinski definition) is 1. The number of aliphatic carboxylic acids is 1. The second-order valence-electron chi connectivity index (χ2n) is 8.54. The highest BCUT2D eigenvalue weighted by molar-refractivity contribution is 6.06. The Morgan fingerprint density at radius 2 is 1.67 bits per heavy atom. The summed E-state index contributed by atoms with van der Waals surface area (Å²) in [6, 6.07) is 18.8. The van der Waals surface area contributed by atoms with Crippen molar-refractivity contribution in [1.82, 2.24) is 14.7 Å². The van der Waals surface area contributed by atoms with Gasteiger partial charge in [0.2, 0.25) is 11.5 Å². The molecule has 174 valence electrons. The minimum atomic E-state index is -1.39. The maximum absolute atomic E-state index is 12.6. The summed E-state index contributed by atoms with van der Waals surface area (Å²) in [6.07, 6.45) is 0. The maximum Gasteiger partial charge on any atom is 0.317 e. The number of nitrogens with one attached hydrogen (secondary N) is 1. The molecule has 2 aromatic carbocycles. The van der Waals surface area contributed by atoms with Crippen molar-refractivity contribution in [3.05, 3.63) is 77.7 Å². The van der Waals surface area contributed by atoms with Crippen LogP contribution >= 0.6 is 0 Å². The first-order valence-corrected chi connectivity index (χ1v) is 10.8. The van der Waals surface area contributed by atoms with Crippen LogP contribution in [0.4, 0.5) is 5.69 Å². The largest absolute Gasteiger partial charge is 0.540 e. The molecule has 0 aromatic heterocycles. The average Bonchev–Trinajstić information content (AvgIpc) is 3.09. The van der Waals surface area contributed by atoms with Crippen molar-refractivity contribution >= 4 is 23.5 Å². The van der Waals surface area contributed by atoms with Gasteiger partial charge in [-0.3, -0.25) is 4.79 Å². The monoisotopic (exact) mass is 450 g/mol. The van der Waals surface area contributed by atoms with Gasteiger partial charge in [-0.15, -0.1) is 0 Å². The highest BCUT2D eigenvalue weighted by Crippen LogP contribution is 2.37. The molecule has 1 heterocycles. The third-order valence-corrected chi connectivity index (χ3v) is 5.19. The highest BCUT2D eigenvalue weighted by atomic mass is 16.5. The number of carbonyl (C=O) groups excluding carboxylic acids is 2. The third-order valence-electron chi connectivity index (χ3n) is 5.19. The van der Waals surface area contributed by atoms with Crippen LogP contribution in [0.3, 0.4) is 0 Å². The molecule has 0 spiro atoms. The molecular formula is C25H30N4O4. The van der Waals surface area contributed by atoms with Crippen LogP contribution in [0.5, 0.6) is 0 Å². The predicted octanol–water partition coefficient (Wildman–Crippen LogP) is 1.83. The van der Waals surface area contributed by atoms with Crippen molar-refractivity contribution in [3.8, 4) is 0 Å². The van der Waals surface area contributed by atoms with E-state index in [1.165, 1.54) is 0 Å². The number of guanidine groups is 1. The molecule has 0 radical (unpaired) electrons. The lowest BCUT2D eigenvalue weighted by molar-refractivity contribution is -0.300. The second-order valence-corrected chi connectivity index (χ2v) is 8.54. The second kappa shape index (κ2) is 10.4. The summed E-state index contributed by atoms with van der Waals surface area (Å²) >= 11 is 0. The minimum Gasteiger partial charge on any atom is -0.540 e. The van der Waals surface area contributed by atoms with Crippen LogP contribution in [0.25, 0.3) is 0 Å².